The van der Waals surface area contributed by atoms with Crippen molar-refractivity contribution in [1.29, 1.82) is 0 Å². The van der Waals surface area contributed by atoms with Gasteiger partial charge in [-0.05, 0) is 48.6 Å². The van der Waals surface area contributed by atoms with E-state index >= 15 is 0 Å². The number of carbonyl (C=O) groups is 4. The second-order valence-electron chi connectivity index (χ2n) is 10.5. The van der Waals surface area contributed by atoms with Gasteiger partial charge in [0, 0.05) is 23.5 Å². The minimum atomic E-state index is -1.50. The Morgan fingerprint density at radius 2 is 1.52 bits per heavy atom. The summed E-state index contributed by atoms with van der Waals surface area (Å²) >= 11 is 0. The Morgan fingerprint density at radius 3 is 2.14 bits per heavy atom. The molecule has 0 fully saturated rings. The summed E-state index contributed by atoms with van der Waals surface area (Å²) in [5.41, 5.74) is 8.55. The average molecular weight is 582 g/mol. The van der Waals surface area contributed by atoms with Gasteiger partial charge in [0.05, 0.1) is 12.1 Å². The van der Waals surface area contributed by atoms with Crippen molar-refractivity contribution >= 4 is 34.6 Å². The SMILES string of the molecule is CCC(C)C(NC(=O)C(NC(=O)C(Cc1ccc(O)cc1)NC(=O)C(N)Cc1c[nH]c2ccccc12)C(C)O)C(=O)O. The maximum atomic E-state index is 13.5. The van der Waals surface area contributed by atoms with Gasteiger partial charge in [-0.25, -0.2) is 4.79 Å². The van der Waals surface area contributed by atoms with Crippen molar-refractivity contribution in [2.45, 2.75) is 70.3 Å². The van der Waals surface area contributed by atoms with E-state index in [0.29, 0.717) is 12.0 Å². The van der Waals surface area contributed by atoms with Crippen molar-refractivity contribution in [2.24, 2.45) is 11.7 Å². The third-order valence-corrected chi connectivity index (χ3v) is 7.30. The topological polar surface area (TPSA) is 207 Å². The van der Waals surface area contributed by atoms with E-state index in [2.05, 4.69) is 20.9 Å². The number of rotatable bonds is 14. The molecule has 0 aliphatic heterocycles. The maximum absolute atomic E-state index is 13.5. The van der Waals surface area contributed by atoms with Gasteiger partial charge >= 0.3 is 5.97 Å². The summed E-state index contributed by atoms with van der Waals surface area (Å²) in [6, 6.07) is 8.64. The van der Waals surface area contributed by atoms with E-state index in [9.17, 15) is 34.5 Å². The number of para-hydroxylation sites is 1. The van der Waals surface area contributed by atoms with Gasteiger partial charge in [-0.15, -0.1) is 0 Å². The molecule has 0 aliphatic rings. The fourth-order valence-corrected chi connectivity index (χ4v) is 4.57. The first-order valence-electron chi connectivity index (χ1n) is 13.8. The summed E-state index contributed by atoms with van der Waals surface area (Å²) in [6.07, 6.45) is 1.04. The van der Waals surface area contributed by atoms with Gasteiger partial charge in [-0.1, -0.05) is 50.6 Å². The van der Waals surface area contributed by atoms with Crippen LogP contribution in [0, 0.1) is 5.92 Å². The van der Waals surface area contributed by atoms with Gasteiger partial charge in [0.15, 0.2) is 0 Å². The first-order chi connectivity index (χ1) is 19.9. The van der Waals surface area contributed by atoms with Crippen LogP contribution in [0.25, 0.3) is 10.9 Å². The summed E-state index contributed by atoms with van der Waals surface area (Å²) in [6.45, 7) is 4.73. The first kappa shape index (κ1) is 32.1. The van der Waals surface area contributed by atoms with Crippen LogP contribution in [0.15, 0.2) is 54.7 Å². The molecule has 3 aromatic rings. The van der Waals surface area contributed by atoms with Crippen LogP contribution in [-0.4, -0.2) is 74.3 Å². The number of aromatic nitrogens is 1. The highest BCUT2D eigenvalue weighted by atomic mass is 16.4. The smallest absolute Gasteiger partial charge is 0.326 e. The van der Waals surface area contributed by atoms with Crippen molar-refractivity contribution in [1.82, 2.24) is 20.9 Å². The summed E-state index contributed by atoms with van der Waals surface area (Å²) in [5.74, 6) is -3.90. The molecule has 0 bridgehead atoms. The number of nitrogens with one attached hydrogen (secondary N) is 4. The third-order valence-electron chi connectivity index (χ3n) is 7.30. The zero-order chi connectivity index (χ0) is 31.0. The number of hydrogen-bond acceptors (Lipinski definition) is 7. The van der Waals surface area contributed by atoms with Crippen LogP contribution in [0.2, 0.25) is 0 Å². The number of carbonyl (C=O) groups excluding carboxylic acids is 3. The number of aromatic amines is 1. The van der Waals surface area contributed by atoms with Crippen molar-refractivity contribution < 1.29 is 34.5 Å². The largest absolute Gasteiger partial charge is 0.508 e. The van der Waals surface area contributed by atoms with Gasteiger partial charge in [0.2, 0.25) is 17.7 Å². The lowest BCUT2D eigenvalue weighted by Gasteiger charge is -2.28. The first-order valence-corrected chi connectivity index (χ1v) is 13.8. The Morgan fingerprint density at radius 1 is 0.881 bits per heavy atom. The van der Waals surface area contributed by atoms with Gasteiger partial charge in [0.1, 0.15) is 23.9 Å². The number of aromatic hydroxyl groups is 1. The van der Waals surface area contributed by atoms with Gasteiger partial charge < -0.3 is 42.0 Å². The predicted octanol–water partition coefficient (Wildman–Crippen LogP) is 0.952. The van der Waals surface area contributed by atoms with Crippen LogP contribution in [-0.2, 0) is 32.0 Å². The minimum Gasteiger partial charge on any atom is -0.508 e. The standard InChI is InChI=1S/C30H39N5O7/c1-4-16(2)25(30(41)42)34-29(40)26(17(3)36)35-28(39)24(13-18-9-11-20(37)12-10-18)33-27(38)22(31)14-19-15-32-23-8-6-5-7-21(19)23/h5-12,15-17,22,24-26,32,36-37H,4,13-14,31H2,1-3H3,(H,33,38)(H,34,40)(H,35,39)(H,41,42). The number of amides is 3. The van der Waals surface area contributed by atoms with Crippen molar-refractivity contribution in [3.8, 4) is 5.75 Å². The molecule has 6 unspecified atom stereocenters. The Kier molecular flexibility index (Phi) is 11.1. The summed E-state index contributed by atoms with van der Waals surface area (Å²) in [7, 11) is 0. The highest BCUT2D eigenvalue weighted by Gasteiger charge is 2.34. The lowest BCUT2D eigenvalue weighted by atomic mass is 9.98. The average Bonchev–Trinajstić information content (AvgIpc) is 3.36. The number of phenols is 1. The van der Waals surface area contributed by atoms with E-state index in [0.717, 1.165) is 16.5 Å². The molecule has 0 spiro atoms. The number of aliphatic hydroxyl groups excluding tert-OH is 1. The van der Waals surface area contributed by atoms with Crippen molar-refractivity contribution in [3.63, 3.8) is 0 Å². The number of aliphatic carboxylic acids is 1. The summed E-state index contributed by atoms with van der Waals surface area (Å²) in [4.78, 5) is 54.5. The number of benzene rings is 2. The van der Waals surface area contributed by atoms with Crippen LogP contribution in [0.3, 0.4) is 0 Å². The zero-order valence-corrected chi connectivity index (χ0v) is 23.8. The van der Waals surface area contributed by atoms with Crippen LogP contribution in [0.1, 0.15) is 38.3 Å². The van der Waals surface area contributed by atoms with Crippen LogP contribution in [0.5, 0.6) is 5.75 Å². The number of carboxylic acids is 1. The molecule has 1 heterocycles. The molecule has 6 atom stereocenters. The highest BCUT2D eigenvalue weighted by Crippen LogP contribution is 2.19. The number of nitrogens with two attached hydrogens (primary N) is 1. The molecule has 3 rings (SSSR count). The van der Waals surface area contributed by atoms with E-state index in [1.807, 2.05) is 24.3 Å². The normalized spacial score (nSPS) is 15.5. The number of aliphatic hydroxyl groups is 1. The Bertz CT molecular complexity index is 1390. The molecule has 0 saturated heterocycles. The molecule has 2 aromatic carbocycles. The second kappa shape index (κ2) is 14.5. The molecule has 12 heteroatoms. The monoisotopic (exact) mass is 581 g/mol. The molecule has 12 nitrogen and oxygen atoms in total. The lowest BCUT2D eigenvalue weighted by molar-refractivity contribution is -0.144. The second-order valence-corrected chi connectivity index (χ2v) is 10.5. The molecule has 0 saturated carbocycles. The van der Waals surface area contributed by atoms with Crippen LogP contribution >= 0.6 is 0 Å². The van der Waals surface area contributed by atoms with Gasteiger partial charge in [-0.2, -0.15) is 0 Å². The fourth-order valence-electron chi connectivity index (χ4n) is 4.57. The maximum Gasteiger partial charge on any atom is 0.326 e. The molecular formula is C30H39N5O7. The predicted molar refractivity (Wildman–Crippen MR) is 156 cm³/mol. The number of H-pyrrole nitrogens is 1. The Labute approximate surface area is 243 Å². The Hall–Kier alpha value is -4.42. The van der Waals surface area contributed by atoms with Gasteiger partial charge in [-0.3, -0.25) is 14.4 Å². The molecule has 9 N–H and O–H groups in total. The van der Waals surface area contributed by atoms with E-state index < -0.39 is 59.9 Å². The zero-order valence-electron chi connectivity index (χ0n) is 23.8. The molecule has 0 radical (unpaired) electrons. The van der Waals surface area contributed by atoms with E-state index in [-0.39, 0.29) is 18.6 Å². The summed E-state index contributed by atoms with van der Waals surface area (Å²) in [5, 5.41) is 37.9. The van der Waals surface area contributed by atoms with Gasteiger partial charge in [0.25, 0.3) is 0 Å². The minimum absolute atomic E-state index is 0.0174. The molecule has 1 aromatic heterocycles. The number of hydrogen-bond donors (Lipinski definition) is 8. The van der Waals surface area contributed by atoms with Crippen LogP contribution in [0.4, 0.5) is 0 Å². The number of carboxylic acid groups (broad SMARTS) is 1. The molecule has 42 heavy (non-hydrogen) atoms. The van der Waals surface area contributed by atoms with E-state index in [1.165, 1.54) is 19.1 Å². The molecule has 0 aliphatic carbocycles. The van der Waals surface area contributed by atoms with E-state index in [1.54, 1.807) is 32.2 Å². The molecular weight excluding hydrogens is 542 g/mol. The molecule has 3 amide bonds. The van der Waals surface area contributed by atoms with Crippen molar-refractivity contribution in [2.75, 3.05) is 0 Å². The van der Waals surface area contributed by atoms with E-state index in [4.69, 9.17) is 5.73 Å². The third kappa shape index (κ3) is 8.30. The Balaban J connectivity index is 1.78. The highest BCUT2D eigenvalue weighted by molar-refractivity contribution is 5.95. The van der Waals surface area contributed by atoms with Crippen LogP contribution < -0.4 is 21.7 Å². The lowest BCUT2D eigenvalue weighted by Crippen LogP contribution is -2.60. The van der Waals surface area contributed by atoms with Crippen molar-refractivity contribution in [3.05, 3.63) is 65.9 Å². The summed E-state index contributed by atoms with van der Waals surface area (Å²) < 4.78 is 0. The quantitative estimate of drug-likeness (QED) is 0.137. The number of fused-ring (bicyclic) bond motifs is 1. The fraction of sp³-hybridized carbons (Fsp3) is 0.400. The number of phenolic OH excluding ortho intramolecular Hbond substituents is 1. The molecule has 226 valence electrons.